The van der Waals surface area contributed by atoms with Crippen LogP contribution in [0.3, 0.4) is 0 Å². The van der Waals surface area contributed by atoms with Crippen molar-refractivity contribution in [2.24, 2.45) is 18.9 Å². The van der Waals surface area contributed by atoms with Crippen LogP contribution in [-0.2, 0) is 17.1 Å². The number of anilines is 1. The van der Waals surface area contributed by atoms with E-state index in [2.05, 4.69) is 25.0 Å². The van der Waals surface area contributed by atoms with Crippen LogP contribution < -0.4 is 4.90 Å². The van der Waals surface area contributed by atoms with Gasteiger partial charge >= 0.3 is 0 Å². The number of aryl methyl sites for hydroxylation is 3. The van der Waals surface area contributed by atoms with Gasteiger partial charge in [0, 0.05) is 57.4 Å². The van der Waals surface area contributed by atoms with Crippen molar-refractivity contribution in [2.45, 2.75) is 19.0 Å². The molecule has 2 atom stereocenters. The van der Waals surface area contributed by atoms with E-state index in [1.807, 2.05) is 30.7 Å². The minimum Gasteiger partial charge on any atom is -0.356 e. The van der Waals surface area contributed by atoms with Crippen LogP contribution in [0.4, 0.5) is 5.82 Å². The molecule has 2 fully saturated rings. The molecule has 5 rings (SSSR count). The van der Waals surface area contributed by atoms with Crippen LogP contribution in [0.15, 0.2) is 36.0 Å². The van der Waals surface area contributed by atoms with Gasteiger partial charge in [0.1, 0.15) is 12.1 Å². The van der Waals surface area contributed by atoms with Crippen molar-refractivity contribution in [1.82, 2.24) is 33.6 Å². The van der Waals surface area contributed by atoms with Crippen LogP contribution in [0.5, 0.6) is 0 Å². The molecule has 2 unspecified atom stereocenters. The minimum atomic E-state index is -3.57. The van der Waals surface area contributed by atoms with E-state index in [1.165, 1.54) is 6.20 Å². The molecule has 2 aliphatic rings. The third kappa shape index (κ3) is 3.08. The molecule has 30 heavy (non-hydrogen) atoms. The Morgan fingerprint density at radius 1 is 0.967 bits per heavy atom. The third-order valence-corrected chi connectivity index (χ3v) is 7.82. The number of sulfonamides is 1. The normalized spacial score (nSPS) is 22.0. The quantitative estimate of drug-likeness (QED) is 0.605. The first-order chi connectivity index (χ1) is 14.3. The Bertz CT molecular complexity index is 1190. The van der Waals surface area contributed by atoms with Crippen molar-refractivity contribution in [1.29, 1.82) is 0 Å². The maximum atomic E-state index is 12.9. The van der Waals surface area contributed by atoms with Crippen molar-refractivity contribution in [3.8, 4) is 5.82 Å². The molecule has 0 N–H and O–H groups in total. The fourth-order valence-corrected chi connectivity index (χ4v) is 6.16. The summed E-state index contributed by atoms with van der Waals surface area (Å²) in [6, 6.07) is 3.96. The molecular weight excluding hydrogens is 404 g/mol. The highest BCUT2D eigenvalue weighted by Crippen LogP contribution is 2.35. The number of rotatable bonds is 4. The van der Waals surface area contributed by atoms with E-state index in [1.54, 1.807) is 28.4 Å². The Balaban J connectivity index is 1.32. The van der Waals surface area contributed by atoms with E-state index in [9.17, 15) is 8.42 Å². The van der Waals surface area contributed by atoms with Gasteiger partial charge in [0.05, 0.1) is 5.69 Å². The largest absolute Gasteiger partial charge is 0.356 e. The van der Waals surface area contributed by atoms with E-state index < -0.39 is 10.0 Å². The Labute approximate surface area is 175 Å². The second kappa shape index (κ2) is 6.88. The average molecular weight is 429 g/mol. The predicted molar refractivity (Wildman–Crippen MR) is 110 cm³/mol. The molecule has 5 heterocycles. The molecule has 3 aromatic rings. The molecule has 158 valence electrons. The van der Waals surface area contributed by atoms with Gasteiger partial charge in [-0.25, -0.2) is 28.1 Å². The Morgan fingerprint density at radius 2 is 1.67 bits per heavy atom. The van der Waals surface area contributed by atoms with Gasteiger partial charge < -0.3 is 9.47 Å². The summed E-state index contributed by atoms with van der Waals surface area (Å²) in [5, 5.41) is 4.60. The minimum absolute atomic E-state index is 0.102. The van der Waals surface area contributed by atoms with Gasteiger partial charge in [-0.3, -0.25) is 0 Å². The van der Waals surface area contributed by atoms with Crippen LogP contribution in [-0.4, -0.2) is 68.2 Å². The highest BCUT2D eigenvalue weighted by Gasteiger charge is 2.45. The van der Waals surface area contributed by atoms with Crippen molar-refractivity contribution in [2.75, 3.05) is 31.1 Å². The highest BCUT2D eigenvalue weighted by atomic mass is 32.2. The summed E-state index contributed by atoms with van der Waals surface area (Å²) >= 11 is 0. The van der Waals surface area contributed by atoms with Crippen molar-refractivity contribution in [3.05, 3.63) is 42.2 Å². The van der Waals surface area contributed by atoms with Crippen LogP contribution in [0.2, 0.25) is 0 Å². The van der Waals surface area contributed by atoms with Crippen molar-refractivity contribution < 1.29 is 8.42 Å². The summed E-state index contributed by atoms with van der Waals surface area (Å²) in [5.74, 6) is 2.13. The van der Waals surface area contributed by atoms with Gasteiger partial charge in [0.2, 0.25) is 5.16 Å². The van der Waals surface area contributed by atoms with E-state index >= 15 is 0 Å². The first kappa shape index (κ1) is 19.2. The van der Waals surface area contributed by atoms with Crippen LogP contribution in [0.25, 0.3) is 5.82 Å². The van der Waals surface area contributed by atoms with Crippen LogP contribution >= 0.6 is 0 Å². The molecule has 3 aromatic heterocycles. The van der Waals surface area contributed by atoms with Crippen molar-refractivity contribution >= 4 is 15.8 Å². The van der Waals surface area contributed by atoms with Gasteiger partial charge in [-0.2, -0.15) is 9.40 Å². The smallest absolute Gasteiger partial charge is 0.277 e. The summed E-state index contributed by atoms with van der Waals surface area (Å²) < 4.78 is 30.8. The maximum absolute atomic E-state index is 12.9. The number of fused-ring (bicyclic) bond motifs is 1. The number of nitrogens with zero attached hydrogens (tertiary/aromatic N) is 8. The second-order valence-corrected chi connectivity index (χ2v) is 9.97. The lowest BCUT2D eigenvalue weighted by Gasteiger charge is -2.22. The lowest BCUT2D eigenvalue weighted by atomic mass is 10.0. The predicted octanol–water partition coefficient (Wildman–Crippen LogP) is 0.770. The van der Waals surface area contributed by atoms with Crippen LogP contribution in [0, 0.1) is 25.7 Å². The SMILES string of the molecule is Cc1cc(C)n(-c2cc(N3CC4CN(S(=O)(=O)c5nccn5C)CC4C3)ncn2)n1. The molecule has 11 heteroatoms. The molecule has 2 saturated heterocycles. The molecule has 2 aliphatic heterocycles. The fourth-order valence-electron chi connectivity index (χ4n) is 4.54. The standard InChI is InChI=1S/C19H24N8O2S/c1-13-6-14(2)27(23-13)18-7-17(21-12-22-18)25-8-15-10-26(11-16(15)9-25)30(28,29)19-20-4-5-24(19)3/h4-7,12,15-16H,8-11H2,1-3H3. The third-order valence-electron chi connectivity index (χ3n) is 5.99. The zero-order chi connectivity index (χ0) is 21.0. The zero-order valence-corrected chi connectivity index (χ0v) is 18.0. The molecule has 0 radical (unpaired) electrons. The maximum Gasteiger partial charge on any atom is 0.277 e. The summed E-state index contributed by atoms with van der Waals surface area (Å²) in [6.45, 7) is 6.50. The van der Waals surface area contributed by atoms with Crippen LogP contribution in [0.1, 0.15) is 11.4 Å². The molecule has 10 nitrogen and oxygen atoms in total. The van der Waals surface area contributed by atoms with E-state index in [0.29, 0.717) is 13.1 Å². The van der Waals surface area contributed by atoms with Crippen molar-refractivity contribution in [3.63, 3.8) is 0 Å². The molecule has 0 saturated carbocycles. The first-order valence-electron chi connectivity index (χ1n) is 9.91. The van der Waals surface area contributed by atoms with Gasteiger partial charge in [-0.1, -0.05) is 0 Å². The lowest BCUT2D eigenvalue weighted by molar-refractivity contribution is 0.444. The average Bonchev–Trinajstić information content (AvgIpc) is 3.45. The number of aromatic nitrogens is 6. The molecule has 0 aliphatic carbocycles. The van der Waals surface area contributed by atoms with Gasteiger partial charge in [-0.15, -0.1) is 0 Å². The van der Waals surface area contributed by atoms with E-state index in [-0.39, 0.29) is 17.0 Å². The van der Waals surface area contributed by atoms with E-state index in [0.717, 1.165) is 36.1 Å². The second-order valence-electron chi connectivity index (χ2n) is 8.14. The van der Waals surface area contributed by atoms with Gasteiger partial charge in [0.15, 0.2) is 5.82 Å². The number of imidazole rings is 1. The molecule has 0 aromatic carbocycles. The summed E-state index contributed by atoms with van der Waals surface area (Å²) in [6.07, 6.45) is 4.73. The summed E-state index contributed by atoms with van der Waals surface area (Å²) in [7, 11) is -1.86. The summed E-state index contributed by atoms with van der Waals surface area (Å²) in [5.41, 5.74) is 1.96. The topological polar surface area (TPSA) is 102 Å². The Hall–Kier alpha value is -2.79. The van der Waals surface area contributed by atoms with E-state index in [4.69, 9.17) is 0 Å². The zero-order valence-electron chi connectivity index (χ0n) is 17.2. The molecule has 0 bridgehead atoms. The monoisotopic (exact) mass is 428 g/mol. The Kier molecular flexibility index (Phi) is 4.40. The molecule has 0 spiro atoms. The Morgan fingerprint density at radius 3 is 2.27 bits per heavy atom. The summed E-state index contributed by atoms with van der Waals surface area (Å²) in [4.78, 5) is 15.1. The fraction of sp³-hybridized carbons (Fsp3) is 0.474. The van der Waals surface area contributed by atoms with Gasteiger partial charge in [0.25, 0.3) is 10.0 Å². The highest BCUT2D eigenvalue weighted by molar-refractivity contribution is 7.89. The molecular formula is C19H24N8O2S. The number of hydrogen-bond acceptors (Lipinski definition) is 7. The number of hydrogen-bond donors (Lipinski definition) is 0. The van der Waals surface area contributed by atoms with Gasteiger partial charge in [-0.05, 0) is 31.7 Å². The first-order valence-corrected chi connectivity index (χ1v) is 11.3. The lowest BCUT2D eigenvalue weighted by Crippen LogP contribution is -2.34. The molecule has 0 amide bonds.